The number of carbonyl (C=O) groups is 1. The largest absolute Gasteiger partial charge is 0.469 e. The molecule has 1 heterocycles. The first kappa shape index (κ1) is 9.52. The van der Waals surface area contributed by atoms with E-state index in [-0.39, 0.29) is 5.97 Å². The van der Waals surface area contributed by atoms with Crippen molar-refractivity contribution >= 4 is 5.97 Å². The predicted molar refractivity (Wildman–Crippen MR) is 46.9 cm³/mol. The summed E-state index contributed by atoms with van der Waals surface area (Å²) in [5.41, 5.74) is 0. The molecule has 1 atom stereocenters. The summed E-state index contributed by atoms with van der Waals surface area (Å²) in [4.78, 5) is 10.8. The Balaban J connectivity index is 2.09. The van der Waals surface area contributed by atoms with Gasteiger partial charge in [0.1, 0.15) is 0 Å². The van der Waals surface area contributed by atoms with Crippen LogP contribution in [0.15, 0.2) is 0 Å². The molecule has 1 rings (SSSR count). The van der Waals surface area contributed by atoms with Crippen molar-refractivity contribution in [3.05, 3.63) is 0 Å². The molecule has 0 amide bonds. The molecule has 1 aliphatic heterocycles. The molecule has 1 saturated heterocycles. The lowest BCUT2D eigenvalue weighted by atomic mass is 10.0. The van der Waals surface area contributed by atoms with Crippen molar-refractivity contribution in [2.75, 3.05) is 13.7 Å². The van der Waals surface area contributed by atoms with E-state index in [1.54, 1.807) is 0 Å². The molecule has 0 bridgehead atoms. The second kappa shape index (κ2) is 5.14. The second-order valence-electron chi connectivity index (χ2n) is 3.26. The lowest BCUT2D eigenvalue weighted by molar-refractivity contribution is -0.140. The average Bonchev–Trinajstić information content (AvgIpc) is 2.16. The van der Waals surface area contributed by atoms with E-state index in [0.717, 1.165) is 13.0 Å². The van der Waals surface area contributed by atoms with Crippen LogP contribution in [0.1, 0.15) is 32.1 Å². The molecule has 0 radical (unpaired) electrons. The van der Waals surface area contributed by atoms with Gasteiger partial charge in [-0.3, -0.25) is 4.79 Å². The highest BCUT2D eigenvalue weighted by Crippen LogP contribution is 2.11. The number of hydrogen-bond donors (Lipinski definition) is 1. The molecule has 70 valence electrons. The van der Waals surface area contributed by atoms with Gasteiger partial charge in [0, 0.05) is 12.5 Å². The average molecular weight is 171 g/mol. The Morgan fingerprint density at radius 3 is 3.00 bits per heavy atom. The van der Waals surface area contributed by atoms with E-state index >= 15 is 0 Å². The molecule has 0 aromatic rings. The monoisotopic (exact) mass is 171 g/mol. The van der Waals surface area contributed by atoms with Crippen molar-refractivity contribution in [2.45, 2.75) is 38.1 Å². The second-order valence-corrected chi connectivity index (χ2v) is 3.26. The lowest BCUT2D eigenvalue weighted by Crippen LogP contribution is -2.34. The quantitative estimate of drug-likeness (QED) is 0.646. The van der Waals surface area contributed by atoms with Crippen molar-refractivity contribution < 1.29 is 9.53 Å². The number of rotatable bonds is 3. The first-order valence-corrected chi connectivity index (χ1v) is 4.63. The molecule has 0 aliphatic carbocycles. The van der Waals surface area contributed by atoms with Crippen LogP contribution in [0.2, 0.25) is 0 Å². The number of methoxy groups -OCH3 is 1. The normalized spacial score (nSPS) is 23.6. The van der Waals surface area contributed by atoms with Gasteiger partial charge in [0.2, 0.25) is 0 Å². The fourth-order valence-corrected chi connectivity index (χ4v) is 1.56. The Bertz CT molecular complexity index is 141. The summed E-state index contributed by atoms with van der Waals surface area (Å²) in [6, 6.07) is 0.540. The number of carbonyl (C=O) groups excluding carboxylic acids is 1. The van der Waals surface area contributed by atoms with Crippen LogP contribution in [-0.2, 0) is 9.53 Å². The van der Waals surface area contributed by atoms with Gasteiger partial charge in [-0.25, -0.2) is 0 Å². The molecule has 0 saturated carbocycles. The minimum Gasteiger partial charge on any atom is -0.469 e. The van der Waals surface area contributed by atoms with Crippen LogP contribution in [0, 0.1) is 0 Å². The summed E-state index contributed by atoms with van der Waals surface area (Å²) in [6.07, 6.45) is 5.24. The highest BCUT2D eigenvalue weighted by molar-refractivity contribution is 5.69. The highest BCUT2D eigenvalue weighted by Gasteiger charge is 2.13. The van der Waals surface area contributed by atoms with Crippen LogP contribution in [-0.4, -0.2) is 25.7 Å². The zero-order valence-corrected chi connectivity index (χ0v) is 7.64. The van der Waals surface area contributed by atoms with Gasteiger partial charge in [0.15, 0.2) is 0 Å². The summed E-state index contributed by atoms with van der Waals surface area (Å²) in [6.45, 7) is 1.10. The molecule has 1 N–H and O–H groups in total. The van der Waals surface area contributed by atoms with E-state index in [1.165, 1.54) is 26.4 Å². The SMILES string of the molecule is COC(=O)CCC1CCCCN1. The van der Waals surface area contributed by atoms with Crippen molar-refractivity contribution in [1.29, 1.82) is 0 Å². The molecule has 1 fully saturated rings. The van der Waals surface area contributed by atoms with Gasteiger partial charge in [-0.05, 0) is 25.8 Å². The first-order valence-electron chi connectivity index (χ1n) is 4.63. The Morgan fingerprint density at radius 2 is 2.42 bits per heavy atom. The van der Waals surface area contributed by atoms with Crippen molar-refractivity contribution in [2.24, 2.45) is 0 Å². The van der Waals surface area contributed by atoms with Gasteiger partial charge in [0.25, 0.3) is 0 Å². The molecular formula is C9H17NO2. The minimum absolute atomic E-state index is 0.0950. The fourth-order valence-electron chi connectivity index (χ4n) is 1.56. The predicted octanol–water partition coefficient (Wildman–Crippen LogP) is 1.08. The maximum atomic E-state index is 10.8. The zero-order valence-electron chi connectivity index (χ0n) is 7.64. The van der Waals surface area contributed by atoms with Crippen LogP contribution < -0.4 is 5.32 Å². The van der Waals surface area contributed by atoms with Crippen LogP contribution in [0.3, 0.4) is 0 Å². The molecule has 1 aliphatic rings. The Labute approximate surface area is 73.5 Å². The van der Waals surface area contributed by atoms with E-state index in [1.807, 2.05) is 0 Å². The zero-order chi connectivity index (χ0) is 8.81. The minimum atomic E-state index is -0.0950. The molecule has 0 aromatic heterocycles. The summed E-state index contributed by atoms with van der Waals surface area (Å²) in [5.74, 6) is -0.0950. The maximum Gasteiger partial charge on any atom is 0.305 e. The van der Waals surface area contributed by atoms with Crippen LogP contribution >= 0.6 is 0 Å². The Hall–Kier alpha value is -0.570. The molecule has 0 aromatic carbocycles. The van der Waals surface area contributed by atoms with Gasteiger partial charge >= 0.3 is 5.97 Å². The molecule has 3 heteroatoms. The van der Waals surface area contributed by atoms with Gasteiger partial charge in [0.05, 0.1) is 7.11 Å². The standard InChI is InChI=1S/C9H17NO2/c1-12-9(11)6-5-8-4-2-3-7-10-8/h8,10H,2-7H2,1H3. The summed E-state index contributed by atoms with van der Waals surface area (Å²) >= 11 is 0. The van der Waals surface area contributed by atoms with Crippen LogP contribution in [0.25, 0.3) is 0 Å². The molecule has 1 unspecified atom stereocenters. The van der Waals surface area contributed by atoms with Gasteiger partial charge in [-0.2, -0.15) is 0 Å². The van der Waals surface area contributed by atoms with Gasteiger partial charge in [-0.1, -0.05) is 6.42 Å². The lowest BCUT2D eigenvalue weighted by Gasteiger charge is -2.22. The molecule has 0 spiro atoms. The van der Waals surface area contributed by atoms with Crippen LogP contribution in [0.5, 0.6) is 0 Å². The van der Waals surface area contributed by atoms with Gasteiger partial charge < -0.3 is 10.1 Å². The summed E-state index contributed by atoms with van der Waals surface area (Å²) in [5, 5.41) is 3.39. The van der Waals surface area contributed by atoms with E-state index in [2.05, 4.69) is 10.1 Å². The third-order valence-corrected chi connectivity index (χ3v) is 2.34. The topological polar surface area (TPSA) is 38.3 Å². The first-order chi connectivity index (χ1) is 5.83. The summed E-state index contributed by atoms with van der Waals surface area (Å²) < 4.78 is 4.57. The Kier molecular flexibility index (Phi) is 4.08. The fraction of sp³-hybridized carbons (Fsp3) is 0.889. The number of piperidine rings is 1. The maximum absolute atomic E-state index is 10.8. The third-order valence-electron chi connectivity index (χ3n) is 2.34. The molecule has 12 heavy (non-hydrogen) atoms. The number of esters is 1. The number of ether oxygens (including phenoxy) is 1. The summed E-state index contributed by atoms with van der Waals surface area (Å²) in [7, 11) is 1.44. The Morgan fingerprint density at radius 1 is 1.58 bits per heavy atom. The van der Waals surface area contributed by atoms with Crippen molar-refractivity contribution in [1.82, 2.24) is 5.32 Å². The van der Waals surface area contributed by atoms with E-state index in [9.17, 15) is 4.79 Å². The van der Waals surface area contributed by atoms with E-state index in [4.69, 9.17) is 0 Å². The van der Waals surface area contributed by atoms with Gasteiger partial charge in [-0.15, -0.1) is 0 Å². The van der Waals surface area contributed by atoms with Crippen LogP contribution in [0.4, 0.5) is 0 Å². The molecular weight excluding hydrogens is 154 g/mol. The van der Waals surface area contributed by atoms with E-state index in [0.29, 0.717) is 12.5 Å². The van der Waals surface area contributed by atoms with Crippen molar-refractivity contribution in [3.8, 4) is 0 Å². The number of nitrogens with one attached hydrogen (secondary N) is 1. The highest BCUT2D eigenvalue weighted by atomic mass is 16.5. The molecule has 3 nitrogen and oxygen atoms in total. The number of hydrogen-bond acceptors (Lipinski definition) is 3. The third kappa shape index (κ3) is 3.22. The van der Waals surface area contributed by atoms with E-state index < -0.39 is 0 Å². The smallest absolute Gasteiger partial charge is 0.305 e. The van der Waals surface area contributed by atoms with Crippen molar-refractivity contribution in [3.63, 3.8) is 0 Å².